The summed E-state index contributed by atoms with van der Waals surface area (Å²) in [4.78, 5) is 16.7. The van der Waals surface area contributed by atoms with Crippen LogP contribution in [-0.2, 0) is 11.3 Å². The molecule has 0 radical (unpaired) electrons. The maximum absolute atomic E-state index is 12.2. The Morgan fingerprint density at radius 3 is 2.67 bits per heavy atom. The van der Waals surface area contributed by atoms with Crippen LogP contribution in [-0.4, -0.2) is 61.2 Å². The van der Waals surface area contributed by atoms with E-state index in [0.29, 0.717) is 18.6 Å². The van der Waals surface area contributed by atoms with Crippen LogP contribution in [0.15, 0.2) is 30.3 Å². The highest BCUT2D eigenvalue weighted by molar-refractivity contribution is 5.67. The lowest BCUT2D eigenvalue weighted by Gasteiger charge is -2.39. The molecule has 3 rings (SSSR count). The van der Waals surface area contributed by atoms with Crippen molar-refractivity contribution in [2.45, 2.75) is 32.4 Å². The number of carbonyl (C=O) groups is 1. The van der Waals surface area contributed by atoms with Crippen molar-refractivity contribution in [1.82, 2.24) is 15.1 Å². The summed E-state index contributed by atoms with van der Waals surface area (Å²) in [6.45, 7) is 8.77. The third kappa shape index (κ3) is 4.71. The fourth-order valence-electron chi connectivity index (χ4n) is 3.59. The van der Waals surface area contributed by atoms with E-state index in [1.807, 2.05) is 35.2 Å². The average Bonchev–Trinajstić information content (AvgIpc) is 2.63. The van der Waals surface area contributed by atoms with E-state index in [4.69, 9.17) is 4.74 Å². The lowest BCUT2D eigenvalue weighted by molar-refractivity contribution is 0.0714. The van der Waals surface area contributed by atoms with Gasteiger partial charge in [0.25, 0.3) is 0 Å². The zero-order chi connectivity index (χ0) is 16.8. The van der Waals surface area contributed by atoms with Crippen LogP contribution in [0.5, 0.6) is 0 Å². The number of hydrogen-bond donors (Lipinski definition) is 1. The molecule has 0 saturated carbocycles. The fraction of sp³-hybridized carbons (Fsp3) is 0.632. The number of piperidine rings is 1. The largest absolute Gasteiger partial charge is 0.445 e. The van der Waals surface area contributed by atoms with Crippen molar-refractivity contribution in [3.63, 3.8) is 0 Å². The van der Waals surface area contributed by atoms with Gasteiger partial charge in [0.2, 0.25) is 0 Å². The first kappa shape index (κ1) is 17.2. The third-order valence-corrected chi connectivity index (χ3v) is 5.21. The first-order valence-electron chi connectivity index (χ1n) is 9.13. The van der Waals surface area contributed by atoms with Gasteiger partial charge < -0.3 is 15.0 Å². The molecule has 1 amide bonds. The molecule has 0 bridgehead atoms. The molecule has 2 heterocycles. The zero-order valence-corrected chi connectivity index (χ0v) is 14.6. The number of benzene rings is 1. The van der Waals surface area contributed by atoms with Crippen LogP contribution in [0.4, 0.5) is 4.79 Å². The Kier molecular flexibility index (Phi) is 6.10. The van der Waals surface area contributed by atoms with Gasteiger partial charge in [0, 0.05) is 45.3 Å². The van der Waals surface area contributed by atoms with E-state index in [1.54, 1.807) is 0 Å². The van der Waals surface area contributed by atoms with Crippen LogP contribution in [0.1, 0.15) is 25.3 Å². The number of piperazine rings is 1. The van der Waals surface area contributed by atoms with Gasteiger partial charge in [-0.1, -0.05) is 30.3 Å². The Balaban J connectivity index is 1.39. The van der Waals surface area contributed by atoms with Crippen molar-refractivity contribution >= 4 is 6.09 Å². The Morgan fingerprint density at radius 1 is 1.21 bits per heavy atom. The molecule has 5 nitrogen and oxygen atoms in total. The van der Waals surface area contributed by atoms with Gasteiger partial charge in [-0.3, -0.25) is 4.90 Å². The van der Waals surface area contributed by atoms with Crippen LogP contribution in [0, 0.1) is 5.92 Å². The SMILES string of the molecule is C[C@H]1CNCCN1CC1CCN(C(=O)OCc2ccccc2)CC1. The van der Waals surface area contributed by atoms with Crippen molar-refractivity contribution in [3.05, 3.63) is 35.9 Å². The Bertz CT molecular complexity index is 515. The number of carbonyl (C=O) groups excluding carboxylic acids is 1. The summed E-state index contributed by atoms with van der Waals surface area (Å²) in [5.74, 6) is 0.698. The molecule has 1 atom stereocenters. The van der Waals surface area contributed by atoms with E-state index < -0.39 is 0 Å². The molecule has 2 aliphatic rings. The molecule has 0 aliphatic carbocycles. The predicted octanol–water partition coefficient (Wildman–Crippen LogP) is 2.33. The predicted molar refractivity (Wildman–Crippen MR) is 94.8 cm³/mol. The zero-order valence-electron chi connectivity index (χ0n) is 14.6. The molecule has 5 heteroatoms. The fourth-order valence-corrected chi connectivity index (χ4v) is 3.59. The number of nitrogens with zero attached hydrogens (tertiary/aromatic N) is 2. The summed E-state index contributed by atoms with van der Waals surface area (Å²) >= 11 is 0. The van der Waals surface area contributed by atoms with Gasteiger partial charge in [0.1, 0.15) is 6.61 Å². The van der Waals surface area contributed by atoms with E-state index in [2.05, 4.69) is 17.1 Å². The summed E-state index contributed by atoms with van der Waals surface area (Å²) in [6, 6.07) is 10.5. The summed E-state index contributed by atoms with van der Waals surface area (Å²) in [5, 5.41) is 3.44. The van der Waals surface area contributed by atoms with Gasteiger partial charge in [0.15, 0.2) is 0 Å². The average molecular weight is 331 g/mol. The summed E-state index contributed by atoms with van der Waals surface area (Å²) in [7, 11) is 0. The summed E-state index contributed by atoms with van der Waals surface area (Å²) < 4.78 is 5.44. The second kappa shape index (κ2) is 8.49. The van der Waals surface area contributed by atoms with Gasteiger partial charge in [-0.2, -0.15) is 0 Å². The van der Waals surface area contributed by atoms with E-state index in [1.165, 1.54) is 0 Å². The molecule has 1 aromatic carbocycles. The monoisotopic (exact) mass is 331 g/mol. The van der Waals surface area contributed by atoms with Crippen molar-refractivity contribution in [2.24, 2.45) is 5.92 Å². The number of hydrogen-bond acceptors (Lipinski definition) is 4. The molecule has 2 saturated heterocycles. The van der Waals surface area contributed by atoms with E-state index in [-0.39, 0.29) is 6.09 Å². The maximum atomic E-state index is 12.2. The topological polar surface area (TPSA) is 44.8 Å². The van der Waals surface area contributed by atoms with Crippen LogP contribution in [0.3, 0.4) is 0 Å². The summed E-state index contributed by atoms with van der Waals surface area (Å²) in [6.07, 6.45) is 1.99. The van der Waals surface area contributed by atoms with Crippen molar-refractivity contribution in [2.75, 3.05) is 39.3 Å². The smallest absolute Gasteiger partial charge is 0.410 e. The molecule has 0 unspecified atom stereocenters. The minimum absolute atomic E-state index is 0.173. The van der Waals surface area contributed by atoms with Crippen molar-refractivity contribution < 1.29 is 9.53 Å². The Labute approximate surface area is 145 Å². The quantitative estimate of drug-likeness (QED) is 0.920. The van der Waals surface area contributed by atoms with Crippen molar-refractivity contribution in [1.29, 1.82) is 0 Å². The number of rotatable bonds is 4. The molecule has 0 aromatic heterocycles. The molecule has 2 fully saturated rings. The molecule has 0 spiro atoms. The highest BCUT2D eigenvalue weighted by atomic mass is 16.6. The lowest BCUT2D eigenvalue weighted by Crippen LogP contribution is -2.52. The Hall–Kier alpha value is -1.59. The number of nitrogens with one attached hydrogen (secondary N) is 1. The summed E-state index contributed by atoms with van der Waals surface area (Å²) in [5.41, 5.74) is 1.04. The molecule has 132 valence electrons. The highest BCUT2D eigenvalue weighted by Gasteiger charge is 2.27. The first-order valence-corrected chi connectivity index (χ1v) is 9.13. The minimum atomic E-state index is -0.173. The molecule has 2 aliphatic heterocycles. The molecular formula is C19H29N3O2. The minimum Gasteiger partial charge on any atom is -0.445 e. The third-order valence-electron chi connectivity index (χ3n) is 5.21. The normalized spacial score (nSPS) is 23.2. The number of ether oxygens (including phenoxy) is 1. The van der Waals surface area contributed by atoms with Crippen molar-refractivity contribution in [3.8, 4) is 0 Å². The van der Waals surface area contributed by atoms with E-state index in [9.17, 15) is 4.79 Å². The molecular weight excluding hydrogens is 302 g/mol. The number of likely N-dealkylation sites (tertiary alicyclic amines) is 1. The molecule has 1 N–H and O–H groups in total. The molecule has 1 aromatic rings. The van der Waals surface area contributed by atoms with Crippen LogP contribution >= 0.6 is 0 Å². The molecule has 24 heavy (non-hydrogen) atoms. The van der Waals surface area contributed by atoms with Crippen LogP contribution in [0.25, 0.3) is 0 Å². The second-order valence-corrected chi connectivity index (χ2v) is 7.02. The lowest BCUT2D eigenvalue weighted by atomic mass is 9.95. The number of amides is 1. The Morgan fingerprint density at radius 2 is 1.96 bits per heavy atom. The van der Waals surface area contributed by atoms with Crippen LogP contribution < -0.4 is 5.32 Å². The van der Waals surface area contributed by atoms with Gasteiger partial charge >= 0.3 is 6.09 Å². The standard InChI is InChI=1S/C19H29N3O2/c1-16-13-20-9-12-22(16)14-17-7-10-21(11-8-17)19(23)24-15-18-5-3-2-4-6-18/h2-6,16-17,20H,7-15H2,1H3/t16-/m0/s1. The van der Waals surface area contributed by atoms with Gasteiger partial charge in [-0.05, 0) is 31.2 Å². The first-order chi connectivity index (χ1) is 11.7. The van der Waals surface area contributed by atoms with Gasteiger partial charge in [0.05, 0.1) is 0 Å². The van der Waals surface area contributed by atoms with Gasteiger partial charge in [-0.25, -0.2) is 4.79 Å². The van der Waals surface area contributed by atoms with E-state index >= 15 is 0 Å². The van der Waals surface area contributed by atoms with E-state index in [0.717, 1.165) is 57.7 Å². The van der Waals surface area contributed by atoms with Crippen LogP contribution in [0.2, 0.25) is 0 Å². The van der Waals surface area contributed by atoms with Gasteiger partial charge in [-0.15, -0.1) is 0 Å². The highest BCUT2D eigenvalue weighted by Crippen LogP contribution is 2.20. The second-order valence-electron chi connectivity index (χ2n) is 7.02. The maximum Gasteiger partial charge on any atom is 0.410 e.